The Morgan fingerprint density at radius 1 is 0.769 bits per heavy atom. The molecule has 0 bridgehead atoms. The predicted octanol–water partition coefficient (Wildman–Crippen LogP) is 6.02. The molecule has 0 radical (unpaired) electrons. The number of ether oxygens (including phenoxy) is 2. The molecule has 2 saturated heterocycles. The number of carbonyl (C=O) groups excluding carboxylic acids is 2. The third kappa shape index (κ3) is 3.70. The minimum atomic E-state index is -1.03. The second kappa shape index (κ2) is 9.31. The van der Waals surface area contributed by atoms with E-state index in [9.17, 15) is 9.59 Å². The van der Waals surface area contributed by atoms with Gasteiger partial charge in [-0.25, -0.2) is 9.59 Å². The number of carbonyl (C=O) groups is 2. The third-order valence-corrected chi connectivity index (χ3v) is 8.33. The summed E-state index contributed by atoms with van der Waals surface area (Å²) in [5.74, 6) is -0.00763. The van der Waals surface area contributed by atoms with Gasteiger partial charge in [-0.15, -0.1) is 0 Å². The highest BCUT2D eigenvalue weighted by molar-refractivity contribution is 5.79. The quantitative estimate of drug-likeness (QED) is 0.333. The lowest BCUT2D eigenvalue weighted by atomic mass is 9.79. The first kappa shape index (κ1) is 23.5. The predicted molar refractivity (Wildman–Crippen MR) is 147 cm³/mol. The summed E-state index contributed by atoms with van der Waals surface area (Å²) in [4.78, 5) is 30.1. The average Bonchev–Trinajstić information content (AvgIpc) is 3.49. The summed E-state index contributed by atoms with van der Waals surface area (Å²) in [5, 5.41) is 0. The zero-order valence-electron chi connectivity index (χ0n) is 21.4. The first-order valence-electron chi connectivity index (χ1n) is 13.4. The molecule has 7 rings (SSSR count). The molecule has 2 amide bonds. The number of piperazine rings is 1. The van der Waals surface area contributed by atoms with Gasteiger partial charge in [-0.2, -0.15) is 0 Å². The fourth-order valence-corrected chi connectivity index (χ4v) is 6.51. The van der Waals surface area contributed by atoms with Crippen LogP contribution in [0, 0.1) is 0 Å². The van der Waals surface area contributed by atoms with Gasteiger partial charge >= 0.3 is 12.2 Å². The van der Waals surface area contributed by atoms with Gasteiger partial charge in [0.2, 0.25) is 0 Å². The highest BCUT2D eigenvalue weighted by Crippen LogP contribution is 2.47. The molecule has 0 aromatic heterocycles. The van der Waals surface area contributed by atoms with Crippen molar-refractivity contribution < 1.29 is 19.1 Å². The van der Waals surface area contributed by atoms with Crippen molar-refractivity contribution in [3.8, 4) is 11.1 Å². The molecule has 2 fully saturated rings. The van der Waals surface area contributed by atoms with Gasteiger partial charge in [-0.05, 0) is 22.3 Å². The molecule has 4 aromatic carbocycles. The highest BCUT2D eigenvalue weighted by atomic mass is 16.6. The number of rotatable bonds is 4. The molecule has 2 heterocycles. The number of benzene rings is 4. The lowest BCUT2D eigenvalue weighted by Crippen LogP contribution is -2.58. The summed E-state index contributed by atoms with van der Waals surface area (Å²) in [6, 6.07) is 35.8. The molecule has 3 aliphatic rings. The largest absolute Gasteiger partial charge is 0.448 e. The van der Waals surface area contributed by atoms with E-state index in [1.807, 2.05) is 84.9 Å². The molecule has 39 heavy (non-hydrogen) atoms. The van der Waals surface area contributed by atoms with Crippen LogP contribution in [0.3, 0.4) is 0 Å². The molecule has 0 saturated carbocycles. The molecule has 1 aliphatic carbocycles. The minimum Gasteiger partial charge on any atom is -0.448 e. The number of fused-ring (bicyclic) bond motifs is 4. The Morgan fingerprint density at radius 3 is 1.90 bits per heavy atom. The summed E-state index contributed by atoms with van der Waals surface area (Å²) >= 11 is 0. The van der Waals surface area contributed by atoms with Crippen LogP contribution in [0.5, 0.6) is 0 Å². The van der Waals surface area contributed by atoms with Crippen LogP contribution in [0.1, 0.15) is 28.2 Å². The normalized spacial score (nSPS) is 19.2. The monoisotopic (exact) mass is 516 g/mol. The van der Waals surface area contributed by atoms with Gasteiger partial charge in [0.1, 0.15) is 12.6 Å². The zero-order chi connectivity index (χ0) is 26.4. The van der Waals surface area contributed by atoms with E-state index in [1.54, 1.807) is 9.80 Å². The van der Waals surface area contributed by atoms with Gasteiger partial charge in [0.05, 0.1) is 0 Å². The summed E-state index contributed by atoms with van der Waals surface area (Å²) in [7, 11) is 0. The topological polar surface area (TPSA) is 59.1 Å². The van der Waals surface area contributed by atoms with Crippen LogP contribution < -0.4 is 0 Å². The molecule has 0 spiro atoms. The van der Waals surface area contributed by atoms with Crippen molar-refractivity contribution in [2.24, 2.45) is 0 Å². The second-order valence-corrected chi connectivity index (χ2v) is 10.3. The highest BCUT2D eigenvalue weighted by Gasteiger charge is 2.58. The average molecular weight is 517 g/mol. The van der Waals surface area contributed by atoms with Crippen molar-refractivity contribution in [1.29, 1.82) is 0 Å². The van der Waals surface area contributed by atoms with Crippen LogP contribution >= 0.6 is 0 Å². The molecule has 2 aliphatic heterocycles. The van der Waals surface area contributed by atoms with E-state index < -0.39 is 5.60 Å². The third-order valence-electron chi connectivity index (χ3n) is 8.33. The minimum absolute atomic E-state index is 0.00763. The van der Waals surface area contributed by atoms with E-state index in [-0.39, 0.29) is 30.8 Å². The van der Waals surface area contributed by atoms with Gasteiger partial charge in [-0.3, -0.25) is 4.90 Å². The Morgan fingerprint density at radius 2 is 1.31 bits per heavy atom. The maximum Gasteiger partial charge on any atom is 0.411 e. The SMILES string of the molecule is O=C(OCC1c2ccccc2-c2ccccc21)N1CCN2C(=O)OC(c3ccccc3)(c3ccccc3)[C@@H]2C1. The Bertz CT molecular complexity index is 1450. The summed E-state index contributed by atoms with van der Waals surface area (Å²) in [6.45, 7) is 1.35. The smallest absolute Gasteiger partial charge is 0.411 e. The van der Waals surface area contributed by atoms with Crippen LogP contribution in [0.2, 0.25) is 0 Å². The van der Waals surface area contributed by atoms with E-state index in [2.05, 4.69) is 24.3 Å². The molecular formula is C33H28N2O4. The van der Waals surface area contributed by atoms with Crippen molar-refractivity contribution >= 4 is 12.2 Å². The van der Waals surface area contributed by atoms with E-state index in [1.165, 1.54) is 22.3 Å². The Kier molecular flexibility index (Phi) is 5.62. The number of amides is 2. The van der Waals surface area contributed by atoms with Crippen LogP contribution in [0.4, 0.5) is 9.59 Å². The Balaban J connectivity index is 1.16. The van der Waals surface area contributed by atoms with E-state index in [0.717, 1.165) is 11.1 Å². The van der Waals surface area contributed by atoms with Crippen molar-refractivity contribution in [3.63, 3.8) is 0 Å². The van der Waals surface area contributed by atoms with Gasteiger partial charge in [0, 0.05) is 36.7 Å². The molecule has 1 atom stereocenters. The summed E-state index contributed by atoms with van der Waals surface area (Å²) < 4.78 is 12.2. The lowest BCUT2D eigenvalue weighted by Gasteiger charge is -2.41. The number of cyclic esters (lactones) is 1. The number of hydrogen-bond donors (Lipinski definition) is 0. The maximum absolute atomic E-state index is 13.5. The van der Waals surface area contributed by atoms with Gasteiger partial charge in [0.25, 0.3) is 0 Å². The van der Waals surface area contributed by atoms with Gasteiger partial charge in [0.15, 0.2) is 5.60 Å². The second-order valence-electron chi connectivity index (χ2n) is 10.3. The van der Waals surface area contributed by atoms with E-state index in [0.29, 0.717) is 19.6 Å². The molecule has 0 N–H and O–H groups in total. The Labute approximate surface area is 227 Å². The van der Waals surface area contributed by atoms with Crippen LogP contribution in [-0.4, -0.2) is 54.3 Å². The van der Waals surface area contributed by atoms with Crippen LogP contribution in [0.15, 0.2) is 109 Å². The van der Waals surface area contributed by atoms with E-state index in [4.69, 9.17) is 9.47 Å². The van der Waals surface area contributed by atoms with Crippen LogP contribution in [-0.2, 0) is 15.1 Å². The Hall–Kier alpha value is -4.58. The van der Waals surface area contributed by atoms with Gasteiger partial charge in [-0.1, -0.05) is 109 Å². The standard InChI is InChI=1S/C33H28N2O4/c36-31(38-22-29-27-17-9-7-15-25(27)26-16-8-10-18-28(26)29)34-19-20-35-30(21-34)33(39-32(35)37,23-11-3-1-4-12-23)24-13-5-2-6-14-24/h1-18,29-30H,19-22H2/t30-/m0/s1. The van der Waals surface area contributed by atoms with Gasteiger partial charge < -0.3 is 14.4 Å². The van der Waals surface area contributed by atoms with Crippen molar-refractivity contribution in [2.75, 3.05) is 26.2 Å². The number of hydrogen-bond acceptors (Lipinski definition) is 4. The molecule has 6 nitrogen and oxygen atoms in total. The molecule has 4 aromatic rings. The fourth-order valence-electron chi connectivity index (χ4n) is 6.51. The van der Waals surface area contributed by atoms with Crippen molar-refractivity contribution in [3.05, 3.63) is 131 Å². The van der Waals surface area contributed by atoms with Crippen molar-refractivity contribution in [2.45, 2.75) is 17.6 Å². The fraction of sp³-hybridized carbons (Fsp3) is 0.212. The maximum atomic E-state index is 13.5. The zero-order valence-corrected chi connectivity index (χ0v) is 21.4. The first-order chi connectivity index (χ1) is 19.2. The summed E-state index contributed by atoms with van der Waals surface area (Å²) in [6.07, 6.45) is -0.731. The molecule has 0 unspecified atom stereocenters. The molecule has 194 valence electrons. The summed E-state index contributed by atoms with van der Waals surface area (Å²) in [5.41, 5.74) is 5.48. The lowest BCUT2D eigenvalue weighted by molar-refractivity contribution is 0.0354. The molecule has 6 heteroatoms. The first-order valence-corrected chi connectivity index (χ1v) is 13.4. The number of nitrogens with zero attached hydrogens (tertiary/aromatic N) is 2. The van der Waals surface area contributed by atoms with Crippen molar-refractivity contribution in [1.82, 2.24) is 9.80 Å². The molecular weight excluding hydrogens is 488 g/mol. The van der Waals surface area contributed by atoms with E-state index >= 15 is 0 Å². The van der Waals surface area contributed by atoms with Crippen LogP contribution in [0.25, 0.3) is 11.1 Å².